The lowest BCUT2D eigenvalue weighted by atomic mass is 9.95. The highest BCUT2D eigenvalue weighted by Crippen LogP contribution is 2.19. The van der Waals surface area contributed by atoms with Crippen LogP contribution in [0.4, 0.5) is 5.69 Å². The molecule has 1 aliphatic carbocycles. The summed E-state index contributed by atoms with van der Waals surface area (Å²) >= 11 is 1.24. The van der Waals surface area contributed by atoms with E-state index in [1.807, 2.05) is 0 Å². The second-order valence-corrected chi connectivity index (χ2v) is 7.15. The molecule has 1 saturated carbocycles. The van der Waals surface area contributed by atoms with Crippen LogP contribution < -0.4 is 10.6 Å². The number of aryl methyl sites for hydroxylation is 1. The maximum atomic E-state index is 12.4. The Balaban J connectivity index is 1.64. The zero-order valence-corrected chi connectivity index (χ0v) is 14.4. The normalized spacial score (nSPS) is 15.0. The van der Waals surface area contributed by atoms with Crippen LogP contribution in [-0.2, 0) is 0 Å². The summed E-state index contributed by atoms with van der Waals surface area (Å²) in [4.78, 5) is 24.5. The maximum absolute atomic E-state index is 12.4. The molecule has 0 bridgehead atoms. The van der Waals surface area contributed by atoms with E-state index in [0.29, 0.717) is 16.3 Å². The van der Waals surface area contributed by atoms with Gasteiger partial charge in [-0.1, -0.05) is 36.7 Å². The van der Waals surface area contributed by atoms with Gasteiger partial charge in [-0.05, 0) is 38.0 Å². The summed E-state index contributed by atoms with van der Waals surface area (Å²) in [5.41, 5.74) is 1.12. The summed E-state index contributed by atoms with van der Waals surface area (Å²) in [5, 5.41) is 14.5. The molecule has 0 unspecified atom stereocenters. The average molecular weight is 344 g/mol. The van der Waals surface area contributed by atoms with Gasteiger partial charge in [-0.15, -0.1) is 10.2 Å². The zero-order valence-electron chi connectivity index (χ0n) is 13.5. The highest BCUT2D eigenvalue weighted by Gasteiger charge is 2.17. The molecule has 0 spiro atoms. The van der Waals surface area contributed by atoms with Crippen LogP contribution >= 0.6 is 11.3 Å². The molecular formula is C17H20N4O2S. The summed E-state index contributed by atoms with van der Waals surface area (Å²) in [6.45, 7) is 1.80. The van der Waals surface area contributed by atoms with E-state index in [1.165, 1.54) is 30.6 Å². The van der Waals surface area contributed by atoms with Crippen molar-refractivity contribution in [1.29, 1.82) is 0 Å². The highest BCUT2D eigenvalue weighted by atomic mass is 32.1. The Morgan fingerprint density at radius 2 is 1.92 bits per heavy atom. The van der Waals surface area contributed by atoms with Crippen molar-refractivity contribution in [3.63, 3.8) is 0 Å². The number of hydrogen-bond donors (Lipinski definition) is 2. The Morgan fingerprint density at radius 3 is 2.62 bits per heavy atom. The van der Waals surface area contributed by atoms with Gasteiger partial charge in [0.2, 0.25) is 5.01 Å². The summed E-state index contributed by atoms with van der Waals surface area (Å²) in [5.74, 6) is -0.407. The molecule has 0 atom stereocenters. The number of hydrogen-bond acceptors (Lipinski definition) is 5. The van der Waals surface area contributed by atoms with Crippen molar-refractivity contribution in [2.24, 2.45) is 0 Å². The molecule has 6 nitrogen and oxygen atoms in total. The van der Waals surface area contributed by atoms with Crippen LogP contribution in [0.3, 0.4) is 0 Å². The number of amides is 2. The molecule has 1 aromatic heterocycles. The Hall–Kier alpha value is -2.28. The first-order valence-corrected chi connectivity index (χ1v) is 8.96. The van der Waals surface area contributed by atoms with E-state index < -0.39 is 0 Å². The largest absolute Gasteiger partial charge is 0.349 e. The summed E-state index contributed by atoms with van der Waals surface area (Å²) in [6.07, 6.45) is 5.67. The van der Waals surface area contributed by atoms with Crippen molar-refractivity contribution in [1.82, 2.24) is 15.5 Å². The molecule has 0 aliphatic heterocycles. The van der Waals surface area contributed by atoms with E-state index in [2.05, 4.69) is 20.8 Å². The monoisotopic (exact) mass is 344 g/mol. The fourth-order valence-corrected chi connectivity index (χ4v) is 3.41. The molecule has 0 radical (unpaired) electrons. The number of aromatic nitrogens is 2. The minimum absolute atomic E-state index is 0.0928. The molecule has 126 valence electrons. The third kappa shape index (κ3) is 4.17. The van der Waals surface area contributed by atoms with E-state index in [-0.39, 0.29) is 17.9 Å². The van der Waals surface area contributed by atoms with Crippen LogP contribution in [0.1, 0.15) is 57.3 Å². The first-order valence-electron chi connectivity index (χ1n) is 8.14. The first kappa shape index (κ1) is 16.6. The van der Waals surface area contributed by atoms with Gasteiger partial charge in [0.15, 0.2) is 0 Å². The van der Waals surface area contributed by atoms with Gasteiger partial charge in [-0.25, -0.2) is 0 Å². The van der Waals surface area contributed by atoms with Crippen LogP contribution in [0.25, 0.3) is 0 Å². The number of rotatable bonds is 4. The van der Waals surface area contributed by atoms with Crippen LogP contribution in [0.15, 0.2) is 24.3 Å². The maximum Gasteiger partial charge on any atom is 0.286 e. The molecule has 3 rings (SSSR count). The van der Waals surface area contributed by atoms with Gasteiger partial charge < -0.3 is 10.6 Å². The molecule has 7 heteroatoms. The van der Waals surface area contributed by atoms with Crippen LogP contribution in [0.5, 0.6) is 0 Å². The van der Waals surface area contributed by atoms with E-state index in [0.717, 1.165) is 17.8 Å². The Labute approximate surface area is 144 Å². The second-order valence-electron chi connectivity index (χ2n) is 5.97. The second kappa shape index (κ2) is 7.53. The minimum Gasteiger partial charge on any atom is -0.349 e. The van der Waals surface area contributed by atoms with Gasteiger partial charge in [0.05, 0.1) is 0 Å². The van der Waals surface area contributed by atoms with Gasteiger partial charge in [0.1, 0.15) is 5.01 Å². The molecule has 1 heterocycles. The lowest BCUT2D eigenvalue weighted by molar-refractivity contribution is 0.0926. The number of benzene rings is 1. The molecule has 24 heavy (non-hydrogen) atoms. The number of carbonyl (C=O) groups is 2. The standard InChI is InChI=1S/C17H20N4O2S/c1-11-20-21-17(24-11)16(23)19-14-9-5-6-12(10-14)15(22)18-13-7-3-2-4-8-13/h5-6,9-10,13H,2-4,7-8H2,1H3,(H,18,22)(H,19,23). The number of anilines is 1. The predicted octanol–water partition coefficient (Wildman–Crippen LogP) is 3.16. The Bertz CT molecular complexity index is 738. The first-order chi connectivity index (χ1) is 11.6. The molecule has 1 aromatic carbocycles. The van der Waals surface area contributed by atoms with E-state index in [1.54, 1.807) is 31.2 Å². The van der Waals surface area contributed by atoms with Gasteiger partial charge in [0.25, 0.3) is 11.8 Å². The SMILES string of the molecule is Cc1nnc(C(=O)Nc2cccc(C(=O)NC3CCCCC3)c2)s1. The molecule has 2 amide bonds. The van der Waals surface area contributed by atoms with Crippen molar-refractivity contribution >= 4 is 28.8 Å². The molecular weight excluding hydrogens is 324 g/mol. The lowest BCUT2D eigenvalue weighted by Gasteiger charge is -2.22. The summed E-state index contributed by atoms with van der Waals surface area (Å²) in [7, 11) is 0. The third-order valence-corrected chi connectivity index (χ3v) is 4.88. The number of nitrogens with zero attached hydrogens (tertiary/aromatic N) is 2. The van der Waals surface area contributed by atoms with E-state index in [4.69, 9.17) is 0 Å². The average Bonchev–Trinajstić information content (AvgIpc) is 3.03. The smallest absolute Gasteiger partial charge is 0.286 e. The van der Waals surface area contributed by atoms with Crippen LogP contribution in [-0.4, -0.2) is 28.1 Å². The van der Waals surface area contributed by atoms with Gasteiger partial charge in [0, 0.05) is 17.3 Å². The van der Waals surface area contributed by atoms with Gasteiger partial charge >= 0.3 is 0 Å². The van der Waals surface area contributed by atoms with E-state index >= 15 is 0 Å². The Kier molecular flexibility index (Phi) is 5.20. The molecule has 1 fully saturated rings. The molecule has 0 saturated heterocycles. The topological polar surface area (TPSA) is 84.0 Å². The molecule has 2 N–H and O–H groups in total. The fraction of sp³-hybridized carbons (Fsp3) is 0.412. The van der Waals surface area contributed by atoms with Crippen molar-refractivity contribution in [3.05, 3.63) is 39.8 Å². The van der Waals surface area contributed by atoms with Crippen molar-refractivity contribution < 1.29 is 9.59 Å². The predicted molar refractivity (Wildman–Crippen MR) is 93.4 cm³/mol. The Morgan fingerprint density at radius 1 is 1.12 bits per heavy atom. The summed E-state index contributed by atoms with van der Waals surface area (Å²) < 4.78 is 0. The third-order valence-electron chi connectivity index (χ3n) is 4.04. The number of carbonyl (C=O) groups excluding carboxylic acids is 2. The number of nitrogens with one attached hydrogen (secondary N) is 2. The fourth-order valence-electron chi connectivity index (χ4n) is 2.83. The van der Waals surface area contributed by atoms with Crippen LogP contribution in [0.2, 0.25) is 0 Å². The van der Waals surface area contributed by atoms with Crippen molar-refractivity contribution in [2.45, 2.75) is 45.1 Å². The molecule has 2 aromatic rings. The molecule has 1 aliphatic rings. The van der Waals surface area contributed by atoms with Crippen molar-refractivity contribution in [2.75, 3.05) is 5.32 Å². The van der Waals surface area contributed by atoms with Crippen LogP contribution in [0, 0.1) is 6.92 Å². The van der Waals surface area contributed by atoms with Gasteiger partial charge in [-0.3, -0.25) is 9.59 Å². The van der Waals surface area contributed by atoms with E-state index in [9.17, 15) is 9.59 Å². The van der Waals surface area contributed by atoms with Gasteiger partial charge in [-0.2, -0.15) is 0 Å². The van der Waals surface area contributed by atoms with Crippen molar-refractivity contribution in [3.8, 4) is 0 Å². The lowest BCUT2D eigenvalue weighted by Crippen LogP contribution is -2.36. The quantitative estimate of drug-likeness (QED) is 0.892. The highest BCUT2D eigenvalue weighted by molar-refractivity contribution is 7.13. The zero-order chi connectivity index (χ0) is 16.9. The summed E-state index contributed by atoms with van der Waals surface area (Å²) in [6, 6.07) is 7.21. The minimum atomic E-state index is -0.314.